The van der Waals surface area contributed by atoms with Gasteiger partial charge in [0.25, 0.3) is 0 Å². The second-order valence-corrected chi connectivity index (χ2v) is 7.60. The fraction of sp³-hybridized carbons (Fsp3) is 0.222. The molecule has 30 heavy (non-hydrogen) atoms. The fourth-order valence-corrected chi connectivity index (χ4v) is 3.85. The molecule has 0 fully saturated rings. The van der Waals surface area contributed by atoms with E-state index in [0.717, 1.165) is 41.2 Å². The molecule has 0 aliphatic rings. The van der Waals surface area contributed by atoms with Gasteiger partial charge < -0.3 is 9.32 Å². The maximum absolute atomic E-state index is 6.38. The number of benzene rings is 3. The maximum atomic E-state index is 6.38. The minimum atomic E-state index is 0.653. The van der Waals surface area contributed by atoms with E-state index in [2.05, 4.69) is 93.3 Å². The molecule has 152 valence electrons. The number of rotatable bonds is 6. The van der Waals surface area contributed by atoms with Crippen molar-refractivity contribution in [3.8, 4) is 34.0 Å². The number of hydrogen-bond donors (Lipinski definition) is 0. The summed E-state index contributed by atoms with van der Waals surface area (Å²) in [5.74, 6) is 1.46. The van der Waals surface area contributed by atoms with E-state index in [1.54, 1.807) is 0 Å². The lowest BCUT2D eigenvalue weighted by Gasteiger charge is -2.21. The van der Waals surface area contributed by atoms with Crippen LogP contribution < -0.4 is 4.90 Å². The second-order valence-electron chi connectivity index (χ2n) is 7.60. The highest BCUT2D eigenvalue weighted by molar-refractivity contribution is 5.81. The van der Waals surface area contributed by atoms with Crippen molar-refractivity contribution in [1.29, 1.82) is 0 Å². The lowest BCUT2D eigenvalue weighted by atomic mass is 10.0. The van der Waals surface area contributed by atoms with Crippen LogP contribution in [-0.4, -0.2) is 18.1 Å². The van der Waals surface area contributed by atoms with E-state index in [9.17, 15) is 0 Å². The number of anilines is 1. The van der Waals surface area contributed by atoms with Crippen LogP contribution >= 0.6 is 0 Å². The Morgan fingerprint density at radius 3 is 2.20 bits per heavy atom. The number of aromatic nitrogens is 1. The highest BCUT2D eigenvalue weighted by atomic mass is 16.4. The number of aryl methyl sites for hydroxylation is 2. The molecule has 0 radical (unpaired) electrons. The standard InChI is InChI=1S/C27H28N2O/c1-5-29(6-2)23-16-14-21(15-17-23)26-25(24-13-8-7-11-20(24)4)28-27(30-26)22-12-9-10-19(3)18-22/h7-18H,5-6H2,1-4H3. The van der Waals surface area contributed by atoms with E-state index in [-0.39, 0.29) is 0 Å². The molecule has 0 saturated heterocycles. The first kappa shape index (κ1) is 20.0. The summed E-state index contributed by atoms with van der Waals surface area (Å²) in [7, 11) is 0. The van der Waals surface area contributed by atoms with Gasteiger partial charge in [-0.1, -0.05) is 42.0 Å². The molecular weight excluding hydrogens is 368 g/mol. The summed E-state index contributed by atoms with van der Waals surface area (Å²) < 4.78 is 6.38. The molecule has 1 heterocycles. The van der Waals surface area contributed by atoms with Crippen molar-refractivity contribution in [3.63, 3.8) is 0 Å². The molecule has 0 aliphatic carbocycles. The highest BCUT2D eigenvalue weighted by Crippen LogP contribution is 2.37. The summed E-state index contributed by atoms with van der Waals surface area (Å²) in [5, 5.41) is 0. The Kier molecular flexibility index (Phi) is 5.71. The summed E-state index contributed by atoms with van der Waals surface area (Å²) in [6, 6.07) is 25.2. The predicted octanol–water partition coefficient (Wildman–Crippen LogP) is 7.14. The van der Waals surface area contributed by atoms with Crippen LogP contribution in [0.15, 0.2) is 77.2 Å². The molecule has 0 bridgehead atoms. The first-order chi connectivity index (χ1) is 14.6. The molecule has 4 rings (SSSR count). The van der Waals surface area contributed by atoms with Crippen LogP contribution in [0.2, 0.25) is 0 Å². The molecule has 0 atom stereocenters. The third-order valence-electron chi connectivity index (χ3n) is 5.55. The molecular formula is C27H28N2O. The molecule has 0 spiro atoms. The van der Waals surface area contributed by atoms with Gasteiger partial charge in [-0.25, -0.2) is 4.98 Å². The van der Waals surface area contributed by atoms with Crippen molar-refractivity contribution >= 4 is 5.69 Å². The SMILES string of the molecule is CCN(CC)c1ccc(-c2oc(-c3cccc(C)c3)nc2-c2ccccc2C)cc1. The molecule has 4 aromatic rings. The lowest BCUT2D eigenvalue weighted by Crippen LogP contribution is -2.21. The normalized spacial score (nSPS) is 10.9. The van der Waals surface area contributed by atoms with Gasteiger partial charge in [-0.3, -0.25) is 0 Å². The van der Waals surface area contributed by atoms with Gasteiger partial charge in [0.2, 0.25) is 5.89 Å². The monoisotopic (exact) mass is 396 g/mol. The molecule has 0 unspecified atom stereocenters. The largest absolute Gasteiger partial charge is 0.435 e. The van der Waals surface area contributed by atoms with Gasteiger partial charge in [-0.05, 0) is 69.7 Å². The zero-order valence-electron chi connectivity index (χ0n) is 18.1. The lowest BCUT2D eigenvalue weighted by molar-refractivity contribution is 0.589. The van der Waals surface area contributed by atoms with E-state index < -0.39 is 0 Å². The highest BCUT2D eigenvalue weighted by Gasteiger charge is 2.19. The van der Waals surface area contributed by atoms with Gasteiger partial charge in [0.15, 0.2) is 5.76 Å². The molecule has 0 aliphatic heterocycles. The Bertz CT molecular complexity index is 1140. The van der Waals surface area contributed by atoms with E-state index in [1.807, 2.05) is 12.1 Å². The summed E-state index contributed by atoms with van der Waals surface area (Å²) in [5.41, 5.74) is 7.62. The van der Waals surface area contributed by atoms with Crippen LogP contribution in [0.1, 0.15) is 25.0 Å². The Hall–Kier alpha value is -3.33. The summed E-state index contributed by atoms with van der Waals surface area (Å²) >= 11 is 0. The van der Waals surface area contributed by atoms with E-state index >= 15 is 0 Å². The smallest absolute Gasteiger partial charge is 0.227 e. The van der Waals surface area contributed by atoms with Crippen LogP contribution in [0.3, 0.4) is 0 Å². The average Bonchev–Trinajstić information content (AvgIpc) is 3.21. The summed E-state index contributed by atoms with van der Waals surface area (Å²) in [6.45, 7) is 10.5. The van der Waals surface area contributed by atoms with Gasteiger partial charge in [0.1, 0.15) is 5.69 Å². The van der Waals surface area contributed by atoms with Gasteiger partial charge in [-0.15, -0.1) is 0 Å². The molecule has 3 nitrogen and oxygen atoms in total. The molecule has 1 aromatic heterocycles. The quantitative estimate of drug-likeness (QED) is 0.347. The van der Waals surface area contributed by atoms with Crippen LogP contribution in [0.4, 0.5) is 5.69 Å². The van der Waals surface area contributed by atoms with Crippen molar-refractivity contribution in [2.75, 3.05) is 18.0 Å². The third kappa shape index (κ3) is 3.88. The molecule has 0 amide bonds. The van der Waals surface area contributed by atoms with Crippen molar-refractivity contribution < 1.29 is 4.42 Å². The minimum absolute atomic E-state index is 0.653. The molecule has 3 aromatic carbocycles. The Balaban J connectivity index is 1.84. The van der Waals surface area contributed by atoms with Crippen molar-refractivity contribution in [3.05, 3.63) is 83.9 Å². The molecule has 3 heteroatoms. The topological polar surface area (TPSA) is 29.3 Å². The van der Waals surface area contributed by atoms with E-state index in [0.29, 0.717) is 5.89 Å². The Morgan fingerprint density at radius 2 is 1.53 bits per heavy atom. The maximum Gasteiger partial charge on any atom is 0.227 e. The number of oxazole rings is 1. The van der Waals surface area contributed by atoms with Gasteiger partial charge in [-0.2, -0.15) is 0 Å². The summed E-state index contributed by atoms with van der Waals surface area (Å²) in [6.07, 6.45) is 0. The first-order valence-corrected chi connectivity index (χ1v) is 10.6. The van der Waals surface area contributed by atoms with Crippen molar-refractivity contribution in [2.24, 2.45) is 0 Å². The Labute approximate surface area is 179 Å². The zero-order chi connectivity index (χ0) is 21.1. The molecule has 0 saturated carbocycles. The second kappa shape index (κ2) is 8.58. The van der Waals surface area contributed by atoms with Crippen LogP contribution in [0, 0.1) is 13.8 Å². The third-order valence-corrected chi connectivity index (χ3v) is 5.55. The minimum Gasteiger partial charge on any atom is -0.435 e. The van der Waals surface area contributed by atoms with Crippen LogP contribution in [-0.2, 0) is 0 Å². The van der Waals surface area contributed by atoms with Crippen LogP contribution in [0.5, 0.6) is 0 Å². The zero-order valence-corrected chi connectivity index (χ0v) is 18.1. The van der Waals surface area contributed by atoms with Gasteiger partial charge >= 0.3 is 0 Å². The van der Waals surface area contributed by atoms with E-state index in [1.165, 1.54) is 16.8 Å². The van der Waals surface area contributed by atoms with Crippen LogP contribution in [0.25, 0.3) is 34.0 Å². The van der Waals surface area contributed by atoms with Gasteiger partial charge in [0, 0.05) is 35.5 Å². The Morgan fingerprint density at radius 1 is 0.800 bits per heavy atom. The van der Waals surface area contributed by atoms with Crippen molar-refractivity contribution in [1.82, 2.24) is 4.98 Å². The first-order valence-electron chi connectivity index (χ1n) is 10.6. The van der Waals surface area contributed by atoms with E-state index in [4.69, 9.17) is 9.40 Å². The predicted molar refractivity (Wildman–Crippen MR) is 126 cm³/mol. The van der Waals surface area contributed by atoms with Crippen molar-refractivity contribution in [2.45, 2.75) is 27.7 Å². The number of hydrogen-bond acceptors (Lipinski definition) is 3. The summed E-state index contributed by atoms with van der Waals surface area (Å²) in [4.78, 5) is 7.28. The average molecular weight is 397 g/mol. The number of nitrogens with zero attached hydrogens (tertiary/aromatic N) is 2. The van der Waals surface area contributed by atoms with Gasteiger partial charge in [0.05, 0.1) is 0 Å². The molecule has 0 N–H and O–H groups in total. The fourth-order valence-electron chi connectivity index (χ4n) is 3.85.